The molecule has 0 aliphatic heterocycles. The summed E-state index contributed by atoms with van der Waals surface area (Å²) in [6.45, 7) is 5.74. The van der Waals surface area contributed by atoms with Gasteiger partial charge < -0.3 is 18.9 Å². The van der Waals surface area contributed by atoms with E-state index in [1.807, 2.05) is 25.1 Å². The number of amides is 1. The largest absolute Gasteiger partial charge is 0.497 e. The van der Waals surface area contributed by atoms with Crippen molar-refractivity contribution in [2.45, 2.75) is 13.3 Å². The van der Waals surface area contributed by atoms with E-state index in [4.69, 9.17) is 18.9 Å². The fourth-order valence-electron chi connectivity index (χ4n) is 3.17. The van der Waals surface area contributed by atoms with Crippen molar-refractivity contribution in [2.75, 3.05) is 20.3 Å². The molecule has 8 heteroatoms. The van der Waals surface area contributed by atoms with E-state index in [-0.39, 0.29) is 12.4 Å². The molecule has 1 amide bonds. The number of methoxy groups -OCH3 is 1. The minimum absolute atomic E-state index is 0.185. The van der Waals surface area contributed by atoms with Gasteiger partial charge in [0, 0.05) is 0 Å². The number of hydrogen-bond donors (Lipinski definition) is 1. The Labute approximate surface area is 210 Å². The highest BCUT2D eigenvalue weighted by atomic mass is 16.6. The van der Waals surface area contributed by atoms with Crippen LogP contribution in [0.15, 0.2) is 84.5 Å². The summed E-state index contributed by atoms with van der Waals surface area (Å²) in [5.74, 6) is 0.970. The average molecular weight is 489 g/mol. The van der Waals surface area contributed by atoms with Crippen molar-refractivity contribution in [3.05, 3.63) is 96.1 Å². The van der Waals surface area contributed by atoms with Crippen LogP contribution in [0.25, 0.3) is 0 Å². The highest BCUT2D eigenvalue weighted by Crippen LogP contribution is 2.29. The minimum Gasteiger partial charge on any atom is -0.497 e. The second-order valence-corrected chi connectivity index (χ2v) is 7.44. The average Bonchev–Trinajstić information content (AvgIpc) is 2.90. The van der Waals surface area contributed by atoms with Gasteiger partial charge in [-0.05, 0) is 73.0 Å². The Bertz CT molecular complexity index is 1220. The molecule has 3 aromatic rings. The molecule has 0 fully saturated rings. The lowest BCUT2D eigenvalue weighted by molar-refractivity contribution is -0.123. The molecule has 0 aromatic heterocycles. The summed E-state index contributed by atoms with van der Waals surface area (Å²) in [5, 5.41) is 3.97. The Morgan fingerprint density at radius 1 is 0.972 bits per heavy atom. The van der Waals surface area contributed by atoms with E-state index in [1.54, 1.807) is 61.7 Å². The summed E-state index contributed by atoms with van der Waals surface area (Å²) in [6.07, 6.45) is 3.87. The normalized spacial score (nSPS) is 10.5. The first-order chi connectivity index (χ1) is 17.5. The Morgan fingerprint density at radius 3 is 2.47 bits per heavy atom. The Hall–Kier alpha value is -4.59. The van der Waals surface area contributed by atoms with Crippen molar-refractivity contribution in [3.8, 4) is 23.0 Å². The molecule has 0 unspecified atom stereocenters. The van der Waals surface area contributed by atoms with Crippen molar-refractivity contribution < 1.29 is 28.5 Å². The van der Waals surface area contributed by atoms with Gasteiger partial charge in [0.05, 0.1) is 25.5 Å². The van der Waals surface area contributed by atoms with Crippen LogP contribution in [0, 0.1) is 0 Å². The molecule has 186 valence electrons. The maximum Gasteiger partial charge on any atom is 0.343 e. The standard InChI is InChI=1S/C28H28N2O6/c1-4-8-21-9-6-7-10-24(21)35-19-27(31)30-29-18-20-11-16-25(26(17-20)34-5-2)36-28(32)22-12-14-23(33-3)15-13-22/h4,6-7,9-18H,1,5,8,19H2,2-3H3,(H,30,31)/b29-18-. The number of allylic oxidation sites excluding steroid dienone is 1. The number of esters is 1. The Balaban J connectivity index is 1.59. The molecule has 0 spiro atoms. The summed E-state index contributed by atoms with van der Waals surface area (Å²) < 4.78 is 21.8. The molecule has 0 saturated carbocycles. The van der Waals surface area contributed by atoms with Gasteiger partial charge in [0.2, 0.25) is 0 Å². The van der Waals surface area contributed by atoms with E-state index in [1.165, 1.54) is 6.21 Å². The van der Waals surface area contributed by atoms with Gasteiger partial charge in [-0.1, -0.05) is 24.3 Å². The van der Waals surface area contributed by atoms with E-state index in [0.717, 1.165) is 5.56 Å². The van der Waals surface area contributed by atoms with Crippen molar-refractivity contribution in [3.63, 3.8) is 0 Å². The van der Waals surface area contributed by atoms with E-state index in [9.17, 15) is 9.59 Å². The first kappa shape index (κ1) is 26.0. The number of rotatable bonds is 12. The zero-order chi connectivity index (χ0) is 25.8. The number of nitrogens with zero attached hydrogens (tertiary/aromatic N) is 1. The number of carbonyl (C=O) groups is 2. The maximum atomic E-state index is 12.5. The number of carbonyl (C=O) groups excluding carboxylic acids is 2. The molecule has 3 rings (SSSR count). The van der Waals surface area contributed by atoms with Crippen molar-refractivity contribution >= 4 is 18.1 Å². The first-order valence-corrected chi connectivity index (χ1v) is 11.3. The quantitative estimate of drug-likeness (QED) is 0.132. The molecule has 1 N–H and O–H groups in total. The van der Waals surface area contributed by atoms with Crippen molar-refractivity contribution in [1.29, 1.82) is 0 Å². The van der Waals surface area contributed by atoms with Crippen LogP contribution < -0.4 is 24.4 Å². The third kappa shape index (κ3) is 7.46. The van der Waals surface area contributed by atoms with Gasteiger partial charge in [0.1, 0.15) is 11.5 Å². The Morgan fingerprint density at radius 2 is 1.75 bits per heavy atom. The van der Waals surface area contributed by atoms with Crippen molar-refractivity contribution in [1.82, 2.24) is 5.43 Å². The van der Waals surface area contributed by atoms with Gasteiger partial charge in [-0.2, -0.15) is 5.10 Å². The molecule has 0 saturated heterocycles. The second kappa shape index (κ2) is 13.3. The zero-order valence-corrected chi connectivity index (χ0v) is 20.2. The molecule has 0 atom stereocenters. The van der Waals surface area contributed by atoms with Crippen LogP contribution in [0.4, 0.5) is 0 Å². The van der Waals surface area contributed by atoms with Crippen LogP contribution in [0.5, 0.6) is 23.0 Å². The predicted molar refractivity (Wildman–Crippen MR) is 137 cm³/mol. The topological polar surface area (TPSA) is 95.5 Å². The zero-order valence-electron chi connectivity index (χ0n) is 20.2. The van der Waals surface area contributed by atoms with Crippen LogP contribution in [-0.4, -0.2) is 38.4 Å². The molecule has 36 heavy (non-hydrogen) atoms. The van der Waals surface area contributed by atoms with Crippen LogP contribution in [0.3, 0.4) is 0 Å². The maximum absolute atomic E-state index is 12.5. The van der Waals surface area contributed by atoms with Gasteiger partial charge in [0.15, 0.2) is 18.1 Å². The van der Waals surface area contributed by atoms with Crippen molar-refractivity contribution in [2.24, 2.45) is 5.10 Å². The third-order valence-electron chi connectivity index (χ3n) is 4.89. The lowest BCUT2D eigenvalue weighted by Gasteiger charge is -2.11. The van der Waals surface area contributed by atoms with Gasteiger partial charge in [-0.25, -0.2) is 10.2 Å². The summed E-state index contributed by atoms with van der Waals surface area (Å²) in [4.78, 5) is 24.7. The summed E-state index contributed by atoms with van der Waals surface area (Å²) in [6, 6.07) is 19.0. The number of hydrazone groups is 1. The van der Waals surface area contributed by atoms with Crippen LogP contribution in [0.2, 0.25) is 0 Å². The van der Waals surface area contributed by atoms with E-state index >= 15 is 0 Å². The summed E-state index contributed by atoms with van der Waals surface area (Å²) >= 11 is 0. The molecular formula is C28H28N2O6. The van der Waals surface area contributed by atoms with Gasteiger partial charge in [-0.3, -0.25) is 4.79 Å². The molecule has 0 bridgehead atoms. The predicted octanol–water partition coefficient (Wildman–Crippen LogP) is 4.57. The highest BCUT2D eigenvalue weighted by Gasteiger charge is 2.13. The van der Waals surface area contributed by atoms with Crippen LogP contribution in [0.1, 0.15) is 28.4 Å². The number of benzene rings is 3. The number of para-hydroxylation sites is 1. The smallest absolute Gasteiger partial charge is 0.343 e. The van der Waals surface area contributed by atoms with E-state index in [0.29, 0.717) is 41.4 Å². The number of nitrogens with one attached hydrogen (secondary N) is 1. The SMILES string of the molecule is C=CCc1ccccc1OCC(=O)N/N=C\c1ccc(OC(=O)c2ccc(OC)cc2)c(OCC)c1. The summed E-state index contributed by atoms with van der Waals surface area (Å²) in [5.41, 5.74) is 4.39. The molecule has 0 aliphatic carbocycles. The lowest BCUT2D eigenvalue weighted by Crippen LogP contribution is -2.24. The molecule has 0 heterocycles. The van der Waals surface area contributed by atoms with Gasteiger partial charge in [-0.15, -0.1) is 6.58 Å². The highest BCUT2D eigenvalue weighted by molar-refractivity contribution is 5.92. The number of hydrogen-bond acceptors (Lipinski definition) is 7. The minimum atomic E-state index is -0.526. The fraction of sp³-hybridized carbons (Fsp3) is 0.179. The monoisotopic (exact) mass is 488 g/mol. The van der Waals surface area contributed by atoms with Gasteiger partial charge >= 0.3 is 5.97 Å². The fourth-order valence-corrected chi connectivity index (χ4v) is 3.17. The lowest BCUT2D eigenvalue weighted by atomic mass is 10.1. The molecule has 8 nitrogen and oxygen atoms in total. The van der Waals surface area contributed by atoms with Gasteiger partial charge in [0.25, 0.3) is 5.91 Å². The second-order valence-electron chi connectivity index (χ2n) is 7.44. The third-order valence-corrected chi connectivity index (χ3v) is 4.89. The molecule has 3 aromatic carbocycles. The first-order valence-electron chi connectivity index (χ1n) is 11.3. The van der Waals surface area contributed by atoms with E-state index in [2.05, 4.69) is 17.1 Å². The van der Waals surface area contributed by atoms with E-state index < -0.39 is 11.9 Å². The molecular weight excluding hydrogens is 460 g/mol. The summed E-state index contributed by atoms with van der Waals surface area (Å²) in [7, 11) is 1.55. The Kier molecular flexibility index (Phi) is 9.64. The van der Waals surface area contributed by atoms with Crippen LogP contribution >= 0.6 is 0 Å². The number of ether oxygens (including phenoxy) is 4. The molecule has 0 radical (unpaired) electrons. The molecule has 0 aliphatic rings. The van der Waals surface area contributed by atoms with Crippen LogP contribution in [-0.2, 0) is 11.2 Å².